The number of rotatable bonds is 6. The molecule has 1 amide bonds. The molecule has 1 heterocycles. The van der Waals surface area contributed by atoms with Crippen molar-refractivity contribution in [3.8, 4) is 11.3 Å². The van der Waals surface area contributed by atoms with Crippen molar-refractivity contribution in [2.75, 3.05) is 15.8 Å². The molecule has 0 atom stereocenters. The van der Waals surface area contributed by atoms with Crippen molar-refractivity contribution in [1.29, 1.82) is 0 Å². The first-order chi connectivity index (χ1) is 13.8. The Morgan fingerprint density at radius 1 is 1.03 bits per heavy atom. The third kappa shape index (κ3) is 4.91. The van der Waals surface area contributed by atoms with Gasteiger partial charge in [0.25, 0.3) is 11.5 Å². The molecular weight excluding hydrogens is 390 g/mol. The summed E-state index contributed by atoms with van der Waals surface area (Å²) < 4.78 is 25.9. The molecule has 0 radical (unpaired) electrons. The minimum Gasteiger partial charge on any atom is -0.322 e. The molecule has 3 N–H and O–H groups in total. The third-order valence-corrected chi connectivity index (χ3v) is 5.66. The summed E-state index contributed by atoms with van der Waals surface area (Å²) in [7, 11) is -3.39. The zero-order valence-electron chi connectivity index (χ0n) is 16.0. The highest BCUT2D eigenvalue weighted by molar-refractivity contribution is 7.92. The van der Waals surface area contributed by atoms with Gasteiger partial charge in [-0.05, 0) is 55.3 Å². The normalized spacial score (nSPS) is 11.1. The number of anilines is 2. The lowest BCUT2D eigenvalue weighted by Crippen LogP contribution is -2.23. The average molecular weight is 411 g/mol. The fourth-order valence-corrected chi connectivity index (χ4v) is 3.44. The highest BCUT2D eigenvalue weighted by atomic mass is 32.2. The first-order valence-corrected chi connectivity index (χ1v) is 10.7. The molecule has 0 spiro atoms. The van der Waals surface area contributed by atoms with Crippen LogP contribution in [-0.4, -0.2) is 25.1 Å². The van der Waals surface area contributed by atoms with Crippen LogP contribution in [0, 0.1) is 6.92 Å². The van der Waals surface area contributed by atoms with Crippen LogP contribution in [0.5, 0.6) is 0 Å². The highest BCUT2D eigenvalue weighted by Gasteiger charge is 2.13. The van der Waals surface area contributed by atoms with E-state index in [1.54, 1.807) is 38.1 Å². The summed E-state index contributed by atoms with van der Waals surface area (Å²) in [5.74, 6) is -0.584. The van der Waals surface area contributed by atoms with Crippen LogP contribution in [-0.2, 0) is 10.0 Å². The van der Waals surface area contributed by atoms with Crippen LogP contribution in [0.4, 0.5) is 11.4 Å². The maximum Gasteiger partial charge on any atom is 0.261 e. The van der Waals surface area contributed by atoms with Gasteiger partial charge in [-0.1, -0.05) is 30.3 Å². The zero-order chi connectivity index (χ0) is 21.0. The van der Waals surface area contributed by atoms with Crippen molar-refractivity contribution in [3.05, 3.63) is 82.1 Å². The van der Waals surface area contributed by atoms with Crippen LogP contribution in [0.15, 0.2) is 65.5 Å². The minimum absolute atomic E-state index is 0.0157. The second-order valence-corrected chi connectivity index (χ2v) is 8.48. The number of sulfonamides is 1. The van der Waals surface area contributed by atoms with Crippen LogP contribution in [0.1, 0.15) is 22.8 Å². The number of pyridine rings is 1. The molecule has 150 valence electrons. The van der Waals surface area contributed by atoms with Crippen molar-refractivity contribution < 1.29 is 13.2 Å². The van der Waals surface area contributed by atoms with Gasteiger partial charge in [0.05, 0.1) is 11.4 Å². The average Bonchev–Trinajstić information content (AvgIpc) is 2.70. The lowest BCUT2D eigenvalue weighted by atomic mass is 10.1. The predicted molar refractivity (Wildman–Crippen MR) is 115 cm³/mol. The minimum atomic E-state index is -3.39. The second kappa shape index (κ2) is 8.32. The fourth-order valence-electron chi connectivity index (χ4n) is 2.73. The van der Waals surface area contributed by atoms with Crippen molar-refractivity contribution in [1.82, 2.24) is 4.98 Å². The Balaban J connectivity index is 1.78. The van der Waals surface area contributed by atoms with E-state index in [2.05, 4.69) is 15.0 Å². The number of nitrogens with one attached hydrogen (secondary N) is 3. The molecule has 0 bridgehead atoms. The highest BCUT2D eigenvalue weighted by Crippen LogP contribution is 2.21. The van der Waals surface area contributed by atoms with Gasteiger partial charge in [-0.2, -0.15) is 0 Å². The summed E-state index contributed by atoms with van der Waals surface area (Å²) in [6.45, 7) is 3.28. The number of hydrogen-bond donors (Lipinski definition) is 3. The number of aromatic amines is 1. The van der Waals surface area contributed by atoms with E-state index < -0.39 is 21.5 Å². The molecule has 0 unspecified atom stereocenters. The number of amides is 1. The van der Waals surface area contributed by atoms with Gasteiger partial charge in [0.2, 0.25) is 10.0 Å². The van der Waals surface area contributed by atoms with Crippen molar-refractivity contribution in [3.63, 3.8) is 0 Å². The van der Waals surface area contributed by atoms with E-state index in [0.29, 0.717) is 22.6 Å². The number of H-pyrrole nitrogens is 1. The largest absolute Gasteiger partial charge is 0.322 e. The van der Waals surface area contributed by atoms with Crippen LogP contribution < -0.4 is 15.6 Å². The molecule has 0 aliphatic heterocycles. The number of benzene rings is 2. The summed E-state index contributed by atoms with van der Waals surface area (Å²) in [5, 5.41) is 2.67. The van der Waals surface area contributed by atoms with Gasteiger partial charge in [-0.15, -0.1) is 0 Å². The topological polar surface area (TPSA) is 108 Å². The predicted octanol–water partition coefficient (Wildman–Crippen LogP) is 3.36. The zero-order valence-corrected chi connectivity index (χ0v) is 16.8. The lowest BCUT2D eigenvalue weighted by Gasteiger charge is -2.12. The SMILES string of the molecule is CCS(=O)(=O)Nc1ccc(NC(=O)c2ccc(-c3ccccc3)[nH]c2=O)cc1C. The quantitative estimate of drug-likeness (QED) is 0.578. The maximum absolute atomic E-state index is 12.5. The molecule has 7 nitrogen and oxygen atoms in total. The van der Waals surface area contributed by atoms with Crippen molar-refractivity contribution >= 4 is 27.3 Å². The van der Waals surface area contributed by atoms with E-state index in [1.807, 2.05) is 30.3 Å². The number of aromatic nitrogens is 1. The molecule has 3 aromatic rings. The smallest absolute Gasteiger partial charge is 0.261 e. The Morgan fingerprint density at radius 2 is 1.76 bits per heavy atom. The van der Waals surface area contributed by atoms with Gasteiger partial charge >= 0.3 is 0 Å². The van der Waals surface area contributed by atoms with Crippen LogP contribution in [0.25, 0.3) is 11.3 Å². The molecule has 3 rings (SSSR count). The first kappa shape index (κ1) is 20.3. The van der Waals surface area contributed by atoms with Gasteiger partial charge in [-0.25, -0.2) is 8.42 Å². The van der Waals surface area contributed by atoms with E-state index >= 15 is 0 Å². The number of aryl methyl sites for hydroxylation is 1. The molecule has 8 heteroatoms. The van der Waals surface area contributed by atoms with Gasteiger partial charge in [-0.3, -0.25) is 14.3 Å². The number of carbonyl (C=O) groups excluding carboxylic acids is 1. The first-order valence-electron chi connectivity index (χ1n) is 9.00. The van der Waals surface area contributed by atoms with Crippen LogP contribution in [0.2, 0.25) is 0 Å². The summed E-state index contributed by atoms with van der Waals surface area (Å²) in [6, 6.07) is 17.3. The van der Waals surface area contributed by atoms with E-state index in [9.17, 15) is 18.0 Å². The number of carbonyl (C=O) groups is 1. The number of hydrogen-bond acceptors (Lipinski definition) is 4. The Labute approximate surface area is 168 Å². The molecule has 2 aromatic carbocycles. The molecule has 1 aromatic heterocycles. The maximum atomic E-state index is 12.5. The van der Waals surface area contributed by atoms with Gasteiger partial charge in [0.1, 0.15) is 5.56 Å². The van der Waals surface area contributed by atoms with Crippen molar-refractivity contribution in [2.45, 2.75) is 13.8 Å². The Morgan fingerprint density at radius 3 is 2.38 bits per heavy atom. The van der Waals surface area contributed by atoms with Crippen molar-refractivity contribution in [2.24, 2.45) is 0 Å². The molecule has 0 aliphatic carbocycles. The summed E-state index contributed by atoms with van der Waals surface area (Å²) in [5.41, 5.74) is 2.50. The van der Waals surface area contributed by atoms with Crippen LogP contribution >= 0.6 is 0 Å². The van der Waals surface area contributed by atoms with Gasteiger partial charge in [0.15, 0.2) is 0 Å². The summed E-state index contributed by atoms with van der Waals surface area (Å²) in [4.78, 5) is 27.6. The Bertz CT molecular complexity index is 1200. The van der Waals surface area contributed by atoms with Crippen LogP contribution in [0.3, 0.4) is 0 Å². The Hall–Kier alpha value is -3.39. The molecule has 0 fully saturated rings. The molecular formula is C21H21N3O4S. The van der Waals surface area contributed by atoms with E-state index in [-0.39, 0.29) is 11.3 Å². The van der Waals surface area contributed by atoms with E-state index in [0.717, 1.165) is 5.56 Å². The van der Waals surface area contributed by atoms with E-state index in [1.165, 1.54) is 6.07 Å². The third-order valence-electron chi connectivity index (χ3n) is 4.37. The lowest BCUT2D eigenvalue weighted by molar-refractivity contribution is 0.102. The second-order valence-electron chi connectivity index (χ2n) is 6.47. The summed E-state index contributed by atoms with van der Waals surface area (Å²) in [6.07, 6.45) is 0. The molecule has 0 saturated heterocycles. The monoisotopic (exact) mass is 411 g/mol. The Kier molecular flexibility index (Phi) is 5.84. The van der Waals surface area contributed by atoms with Gasteiger partial charge < -0.3 is 10.3 Å². The molecule has 29 heavy (non-hydrogen) atoms. The summed E-state index contributed by atoms with van der Waals surface area (Å²) >= 11 is 0. The van der Waals surface area contributed by atoms with Gasteiger partial charge in [0, 0.05) is 11.4 Å². The van der Waals surface area contributed by atoms with E-state index in [4.69, 9.17) is 0 Å². The standard InChI is InChI=1S/C21H21N3O4S/c1-3-29(27,28)24-18-11-9-16(13-14(18)2)22-20(25)17-10-12-19(23-21(17)26)15-7-5-4-6-8-15/h4-13,24H,3H2,1-2H3,(H,22,25)(H,23,26). The molecule has 0 saturated carbocycles. The fraction of sp³-hybridized carbons (Fsp3) is 0.143. The molecule has 0 aliphatic rings.